The number of allylic oxidation sites excluding steroid dienone is 2. The average Bonchev–Trinajstić information content (AvgIpc) is 2.93. The van der Waals surface area contributed by atoms with Gasteiger partial charge in [-0.3, -0.25) is 4.79 Å². The summed E-state index contributed by atoms with van der Waals surface area (Å²) >= 11 is 0. The molecule has 194 valence electrons. The Hall–Kier alpha value is -3.23. The zero-order chi connectivity index (χ0) is 26.1. The Morgan fingerprint density at radius 1 is 0.703 bits per heavy atom. The molecular weight excluding hydrogens is 452 g/mol. The van der Waals surface area contributed by atoms with Crippen molar-refractivity contribution in [2.75, 3.05) is 6.61 Å². The molecule has 37 heavy (non-hydrogen) atoms. The minimum Gasteiger partial charge on any atom is -0.377 e. The molecule has 3 aromatic rings. The molecule has 2 nitrogen and oxygen atoms in total. The molecule has 2 heteroatoms. The Bertz CT molecular complexity index is 1090. The Morgan fingerprint density at radius 3 is 1.95 bits per heavy atom. The van der Waals surface area contributed by atoms with Crippen molar-refractivity contribution in [3.05, 3.63) is 119 Å². The van der Waals surface area contributed by atoms with Crippen LogP contribution in [0.5, 0.6) is 0 Å². The molecule has 0 unspecified atom stereocenters. The zero-order valence-electron chi connectivity index (χ0n) is 22.5. The third-order valence-electron chi connectivity index (χ3n) is 6.68. The lowest BCUT2D eigenvalue weighted by Crippen LogP contribution is -1.96. The van der Waals surface area contributed by atoms with Crippen LogP contribution in [0, 0.1) is 0 Å². The maximum atomic E-state index is 12.2. The van der Waals surface area contributed by atoms with Gasteiger partial charge >= 0.3 is 0 Å². The lowest BCUT2D eigenvalue weighted by molar-refractivity contribution is 0.104. The van der Waals surface area contributed by atoms with Gasteiger partial charge in [-0.25, -0.2) is 0 Å². The number of rotatable bonds is 17. The maximum absolute atomic E-state index is 12.2. The van der Waals surface area contributed by atoms with Crippen molar-refractivity contribution in [1.29, 1.82) is 0 Å². The quantitative estimate of drug-likeness (QED) is 0.106. The van der Waals surface area contributed by atoms with E-state index in [9.17, 15) is 4.79 Å². The molecule has 0 heterocycles. The number of hydrogen-bond acceptors (Lipinski definition) is 2. The Kier molecular flexibility index (Phi) is 12.6. The van der Waals surface area contributed by atoms with Crippen molar-refractivity contribution >= 4 is 17.4 Å². The summed E-state index contributed by atoms with van der Waals surface area (Å²) in [5, 5.41) is 0. The number of aryl methyl sites for hydroxylation is 1. The molecule has 0 bridgehead atoms. The van der Waals surface area contributed by atoms with Gasteiger partial charge in [0.2, 0.25) is 0 Å². The highest BCUT2D eigenvalue weighted by Crippen LogP contribution is 2.15. The molecule has 0 aliphatic carbocycles. The molecule has 0 radical (unpaired) electrons. The first-order valence-corrected chi connectivity index (χ1v) is 13.8. The zero-order valence-corrected chi connectivity index (χ0v) is 22.5. The van der Waals surface area contributed by atoms with E-state index >= 15 is 0 Å². The highest BCUT2D eigenvalue weighted by atomic mass is 16.5. The van der Waals surface area contributed by atoms with E-state index in [1.807, 2.05) is 43.3 Å². The van der Waals surface area contributed by atoms with E-state index in [4.69, 9.17) is 4.74 Å². The summed E-state index contributed by atoms with van der Waals surface area (Å²) in [7, 11) is 0. The van der Waals surface area contributed by atoms with Crippen molar-refractivity contribution in [2.24, 2.45) is 0 Å². The molecule has 0 aromatic heterocycles. The smallest absolute Gasteiger partial charge is 0.185 e. The number of carbonyl (C=O) groups excluding carboxylic acids is 1. The summed E-state index contributed by atoms with van der Waals surface area (Å²) in [5.41, 5.74) is 6.69. The SMILES string of the molecule is C=C(C)c1ccc(COCCCCCCCCCCc2ccc(/C=C/C(=O)c3ccccc3)cc2)cc1. The molecule has 0 fully saturated rings. The fraction of sp³-hybridized carbons (Fsp3) is 0.343. The molecular formula is C35H42O2. The van der Waals surface area contributed by atoms with Crippen molar-refractivity contribution < 1.29 is 9.53 Å². The number of carbonyl (C=O) groups is 1. The predicted octanol–water partition coefficient (Wildman–Crippen LogP) is 9.50. The number of benzene rings is 3. The predicted molar refractivity (Wildman–Crippen MR) is 158 cm³/mol. The maximum Gasteiger partial charge on any atom is 0.185 e. The van der Waals surface area contributed by atoms with E-state index in [0.717, 1.165) is 36.1 Å². The molecule has 0 spiro atoms. The first-order chi connectivity index (χ1) is 18.1. The van der Waals surface area contributed by atoms with Crippen molar-refractivity contribution in [1.82, 2.24) is 0 Å². The van der Waals surface area contributed by atoms with E-state index in [-0.39, 0.29) is 5.78 Å². The van der Waals surface area contributed by atoms with Crippen molar-refractivity contribution in [3.8, 4) is 0 Å². The number of ether oxygens (including phenoxy) is 1. The van der Waals surface area contributed by atoms with E-state index in [2.05, 4.69) is 55.1 Å². The first-order valence-electron chi connectivity index (χ1n) is 13.8. The van der Waals surface area contributed by atoms with Crippen molar-refractivity contribution in [2.45, 2.75) is 71.3 Å². The van der Waals surface area contributed by atoms with E-state index in [1.165, 1.54) is 61.6 Å². The van der Waals surface area contributed by atoms with Gasteiger partial charge in [0, 0.05) is 12.2 Å². The Labute approximate surface area is 224 Å². The summed E-state index contributed by atoms with van der Waals surface area (Å²) in [4.78, 5) is 12.2. The Balaban J connectivity index is 1.16. The van der Waals surface area contributed by atoms with E-state index in [0.29, 0.717) is 6.61 Å². The van der Waals surface area contributed by atoms with Crippen LogP contribution in [0.15, 0.2) is 91.5 Å². The van der Waals surface area contributed by atoms with Crippen LogP contribution >= 0.6 is 0 Å². The molecule has 0 N–H and O–H groups in total. The highest BCUT2D eigenvalue weighted by molar-refractivity contribution is 6.06. The van der Waals surface area contributed by atoms with Crippen LogP contribution in [0.2, 0.25) is 0 Å². The highest BCUT2D eigenvalue weighted by Gasteiger charge is 2.00. The largest absolute Gasteiger partial charge is 0.377 e. The van der Waals surface area contributed by atoms with Crippen LogP contribution in [0.4, 0.5) is 0 Å². The third-order valence-corrected chi connectivity index (χ3v) is 6.68. The standard InChI is InChI=1S/C35H42O2/c1-29(2)33-24-21-32(22-25-33)28-37-27-13-8-6-4-3-5-7-10-14-30-17-19-31(20-18-30)23-26-35(36)34-15-11-9-12-16-34/h9,11-12,15-26H,1,3-8,10,13-14,27-28H2,2H3/b26-23+. The van der Waals surface area contributed by atoms with Gasteiger partial charge in [-0.05, 0) is 54.5 Å². The molecule has 0 aliphatic heterocycles. The summed E-state index contributed by atoms with van der Waals surface area (Å²) in [6.07, 6.45) is 14.9. The monoisotopic (exact) mass is 494 g/mol. The van der Waals surface area contributed by atoms with Crippen LogP contribution in [0.25, 0.3) is 11.6 Å². The lowest BCUT2D eigenvalue weighted by Gasteiger charge is -2.06. The van der Waals surface area contributed by atoms with Crippen LogP contribution in [0.3, 0.4) is 0 Å². The van der Waals surface area contributed by atoms with Gasteiger partial charge in [0.05, 0.1) is 6.61 Å². The molecule has 3 rings (SSSR count). The average molecular weight is 495 g/mol. The third kappa shape index (κ3) is 11.1. The first kappa shape index (κ1) is 28.3. The van der Waals surface area contributed by atoms with Crippen LogP contribution < -0.4 is 0 Å². The number of ketones is 1. The topological polar surface area (TPSA) is 26.3 Å². The second kappa shape index (κ2) is 16.5. The fourth-order valence-electron chi connectivity index (χ4n) is 4.34. The molecule has 0 saturated carbocycles. The fourth-order valence-corrected chi connectivity index (χ4v) is 4.34. The summed E-state index contributed by atoms with van der Waals surface area (Å²) in [5.74, 6) is 0.0406. The second-order valence-electron chi connectivity index (χ2n) is 9.91. The molecule has 0 amide bonds. The Morgan fingerprint density at radius 2 is 1.30 bits per heavy atom. The number of hydrogen-bond donors (Lipinski definition) is 0. The lowest BCUT2D eigenvalue weighted by atomic mass is 10.0. The summed E-state index contributed by atoms with van der Waals surface area (Å²) < 4.78 is 5.83. The van der Waals surface area contributed by atoms with Gasteiger partial charge in [0.25, 0.3) is 0 Å². The second-order valence-corrected chi connectivity index (χ2v) is 9.91. The van der Waals surface area contributed by atoms with Crippen LogP contribution in [-0.2, 0) is 17.8 Å². The van der Waals surface area contributed by atoms with Gasteiger partial charge < -0.3 is 4.74 Å². The van der Waals surface area contributed by atoms with E-state index in [1.54, 1.807) is 6.08 Å². The molecule has 0 saturated heterocycles. The van der Waals surface area contributed by atoms with Gasteiger partial charge in [0.1, 0.15) is 0 Å². The van der Waals surface area contributed by atoms with Gasteiger partial charge in [0.15, 0.2) is 5.78 Å². The number of unbranched alkanes of at least 4 members (excludes halogenated alkanes) is 7. The molecule has 0 aliphatic rings. The minimum absolute atomic E-state index is 0.0406. The van der Waals surface area contributed by atoms with Crippen molar-refractivity contribution in [3.63, 3.8) is 0 Å². The van der Waals surface area contributed by atoms with Gasteiger partial charge in [-0.15, -0.1) is 0 Å². The minimum atomic E-state index is 0.0406. The normalized spacial score (nSPS) is 11.2. The van der Waals surface area contributed by atoms with Crippen LogP contribution in [0.1, 0.15) is 90.9 Å². The van der Waals surface area contributed by atoms with E-state index < -0.39 is 0 Å². The van der Waals surface area contributed by atoms with Crippen LogP contribution in [-0.4, -0.2) is 12.4 Å². The summed E-state index contributed by atoms with van der Waals surface area (Å²) in [6.45, 7) is 7.55. The molecule has 3 aromatic carbocycles. The van der Waals surface area contributed by atoms with Gasteiger partial charge in [-0.1, -0.05) is 136 Å². The molecule has 0 atom stereocenters. The van der Waals surface area contributed by atoms with Gasteiger partial charge in [-0.2, -0.15) is 0 Å². The summed E-state index contributed by atoms with van der Waals surface area (Å²) in [6, 6.07) is 26.5.